The van der Waals surface area contributed by atoms with Gasteiger partial charge in [-0.3, -0.25) is 10.2 Å². The van der Waals surface area contributed by atoms with Gasteiger partial charge in [0, 0.05) is 17.7 Å². The second-order valence-corrected chi connectivity index (χ2v) is 11.4. The summed E-state index contributed by atoms with van der Waals surface area (Å²) in [7, 11) is -3.87. The number of carbonyl (C=O) groups excluding carboxylic acids is 1. The molecular weight excluding hydrogens is 595 g/mol. The Morgan fingerprint density at radius 2 is 1.56 bits per heavy atom. The van der Waals surface area contributed by atoms with E-state index in [0.717, 1.165) is 6.26 Å². The van der Waals surface area contributed by atoms with Crippen LogP contribution in [0, 0.1) is 11.2 Å². The minimum atomic E-state index is -3.87. The predicted molar refractivity (Wildman–Crippen MR) is 152 cm³/mol. The summed E-state index contributed by atoms with van der Waals surface area (Å²) < 4.78 is 61.3. The molecule has 0 unspecified atom stereocenters. The highest BCUT2D eigenvalue weighted by Gasteiger charge is 2.34. The molecule has 0 spiro atoms. The second-order valence-electron chi connectivity index (χ2n) is 9.87. The van der Waals surface area contributed by atoms with E-state index in [4.69, 9.17) is 23.8 Å². The third-order valence-electron chi connectivity index (χ3n) is 5.83. The lowest BCUT2D eigenvalue weighted by Crippen LogP contribution is -2.30. The largest absolute Gasteiger partial charge is 0.490 e. The zero-order valence-corrected chi connectivity index (χ0v) is 25.8. The molecule has 12 heteroatoms. The maximum Gasteiger partial charge on any atom is 0.306 e. The fourth-order valence-electron chi connectivity index (χ4n) is 4.24. The predicted octanol–water partition coefficient (Wildman–Crippen LogP) is 5.26. The van der Waals surface area contributed by atoms with Gasteiger partial charge in [0.05, 0.1) is 38.2 Å². The quantitative estimate of drug-likeness (QED) is 0.264. The number of Topliss-reactive ketones (excluding diaryl/α,β-unsaturated/α-hetero) is 1. The first kappa shape index (κ1) is 32.4. The molecule has 0 aromatic heterocycles. The number of hydrogen-bond donors (Lipinski definition) is 1. The van der Waals surface area contributed by atoms with E-state index in [1.807, 2.05) is 20.8 Å². The third kappa shape index (κ3) is 7.21. The molecular formula is C27H36BrFN2O7S. The highest BCUT2D eigenvalue weighted by atomic mass is 79.9. The van der Waals surface area contributed by atoms with Crippen LogP contribution in [-0.2, 0) is 22.1 Å². The smallest absolute Gasteiger partial charge is 0.306 e. The van der Waals surface area contributed by atoms with Crippen molar-refractivity contribution in [1.82, 2.24) is 4.90 Å². The van der Waals surface area contributed by atoms with Crippen molar-refractivity contribution >= 4 is 38.7 Å². The molecule has 39 heavy (non-hydrogen) atoms. The van der Waals surface area contributed by atoms with Crippen LogP contribution in [0.25, 0.3) is 0 Å². The molecule has 0 aliphatic carbocycles. The van der Waals surface area contributed by atoms with Gasteiger partial charge < -0.3 is 23.3 Å². The number of hydrogen-bond acceptors (Lipinski definition) is 8. The van der Waals surface area contributed by atoms with Gasteiger partial charge in [-0.25, -0.2) is 4.39 Å². The van der Waals surface area contributed by atoms with Crippen LogP contribution in [0.5, 0.6) is 23.0 Å². The lowest BCUT2D eigenvalue weighted by atomic mass is 9.84. The summed E-state index contributed by atoms with van der Waals surface area (Å²) in [6, 6.07) is 4.67. The molecule has 0 bridgehead atoms. The summed E-state index contributed by atoms with van der Waals surface area (Å²) in [4.78, 5) is 14.9. The molecule has 0 radical (unpaired) electrons. The van der Waals surface area contributed by atoms with Gasteiger partial charge in [-0.05, 0) is 49.9 Å². The van der Waals surface area contributed by atoms with Crippen molar-refractivity contribution < 1.29 is 36.0 Å². The van der Waals surface area contributed by atoms with Crippen LogP contribution >= 0.6 is 17.0 Å². The van der Waals surface area contributed by atoms with Gasteiger partial charge in [-0.1, -0.05) is 20.8 Å². The number of carbonyl (C=O) groups is 1. The van der Waals surface area contributed by atoms with E-state index < -0.39 is 21.4 Å². The highest BCUT2D eigenvalue weighted by molar-refractivity contribution is 8.93. The minimum Gasteiger partial charge on any atom is -0.490 e. The van der Waals surface area contributed by atoms with Crippen molar-refractivity contribution in [3.05, 3.63) is 46.3 Å². The van der Waals surface area contributed by atoms with Crippen LogP contribution in [0.2, 0.25) is 0 Å². The number of fused-ring (bicyclic) bond motifs is 1. The number of nitrogens with one attached hydrogen (secondary N) is 1. The molecule has 0 atom stereocenters. The first-order chi connectivity index (χ1) is 17.7. The van der Waals surface area contributed by atoms with Gasteiger partial charge in [-0.2, -0.15) is 8.42 Å². The lowest BCUT2D eigenvalue weighted by molar-refractivity contribution is 0.0962. The number of rotatable bonds is 11. The Kier molecular flexibility index (Phi) is 10.4. The molecule has 0 saturated carbocycles. The maximum absolute atomic E-state index is 15.4. The number of benzene rings is 2. The average Bonchev–Trinajstić information content (AvgIpc) is 3.11. The molecule has 1 N–H and O–H groups in total. The van der Waals surface area contributed by atoms with E-state index in [-0.39, 0.29) is 89.0 Å². The van der Waals surface area contributed by atoms with Crippen molar-refractivity contribution in [2.24, 2.45) is 0 Å². The van der Waals surface area contributed by atoms with Gasteiger partial charge in [0.2, 0.25) is 0 Å². The monoisotopic (exact) mass is 630 g/mol. The zero-order valence-electron chi connectivity index (χ0n) is 23.3. The molecule has 9 nitrogen and oxygen atoms in total. The first-order valence-corrected chi connectivity index (χ1v) is 14.2. The van der Waals surface area contributed by atoms with E-state index in [0.29, 0.717) is 17.7 Å². The van der Waals surface area contributed by atoms with Crippen LogP contribution < -0.4 is 18.4 Å². The SMILES string of the molecule is Br.CCOc1cc(C(=O)CN2Cc3cc(OCC)c(OCC)c(F)c3C2=N)cc(C(C)(C)C)c1OS(C)(=O)=O. The summed E-state index contributed by atoms with van der Waals surface area (Å²) in [6.45, 7) is 11.5. The van der Waals surface area contributed by atoms with Crippen LogP contribution in [0.1, 0.15) is 68.6 Å². The lowest BCUT2D eigenvalue weighted by Gasteiger charge is -2.25. The molecule has 0 amide bonds. The number of nitrogens with zero attached hydrogens (tertiary/aromatic N) is 1. The molecule has 216 valence electrons. The highest BCUT2D eigenvalue weighted by Crippen LogP contribution is 2.42. The summed E-state index contributed by atoms with van der Waals surface area (Å²) in [6.07, 6.45) is 0.942. The number of ether oxygens (including phenoxy) is 3. The summed E-state index contributed by atoms with van der Waals surface area (Å²) in [5.74, 6) is -0.809. The molecule has 0 fully saturated rings. The van der Waals surface area contributed by atoms with E-state index in [2.05, 4.69) is 0 Å². The van der Waals surface area contributed by atoms with E-state index in [1.165, 1.54) is 11.0 Å². The molecule has 3 rings (SSSR count). The minimum absolute atomic E-state index is 0. The summed E-state index contributed by atoms with van der Waals surface area (Å²) in [5.41, 5.74) is 0.744. The zero-order chi connectivity index (χ0) is 28.4. The Labute approximate surface area is 240 Å². The first-order valence-electron chi connectivity index (χ1n) is 12.4. The van der Waals surface area contributed by atoms with Gasteiger partial charge in [0.25, 0.3) is 0 Å². The van der Waals surface area contributed by atoms with Crippen molar-refractivity contribution in [2.45, 2.75) is 53.5 Å². The molecule has 1 heterocycles. The summed E-state index contributed by atoms with van der Waals surface area (Å²) >= 11 is 0. The molecule has 0 saturated heterocycles. The Morgan fingerprint density at radius 3 is 2.08 bits per heavy atom. The van der Waals surface area contributed by atoms with E-state index >= 15 is 4.39 Å². The van der Waals surface area contributed by atoms with E-state index in [9.17, 15) is 13.2 Å². The fourth-order valence-corrected chi connectivity index (χ4v) is 4.72. The number of ketones is 1. The van der Waals surface area contributed by atoms with Gasteiger partial charge in [0.1, 0.15) is 5.84 Å². The standard InChI is InChI=1S/C27H35FN2O7S.BrH/c1-8-34-20-12-16(11-18(27(4,5)6)24(20)37-38(7,32)33)19(31)15-30-14-17-13-21(35-9-2)25(36-10-3)23(28)22(17)26(30)29;/h11-13,29H,8-10,14-15H2,1-7H3;1H. The van der Waals surface area contributed by atoms with Crippen LogP contribution in [0.4, 0.5) is 4.39 Å². The van der Waals surface area contributed by atoms with E-state index in [1.54, 1.807) is 32.9 Å². The van der Waals surface area contributed by atoms with Crippen LogP contribution in [0.3, 0.4) is 0 Å². The maximum atomic E-state index is 15.4. The third-order valence-corrected chi connectivity index (χ3v) is 6.30. The average molecular weight is 632 g/mol. The Balaban J connectivity index is 0.00000533. The topological polar surface area (TPSA) is 115 Å². The molecule has 2 aromatic rings. The number of amidine groups is 1. The van der Waals surface area contributed by atoms with Crippen molar-refractivity contribution in [3.63, 3.8) is 0 Å². The van der Waals surface area contributed by atoms with Crippen molar-refractivity contribution in [3.8, 4) is 23.0 Å². The molecule has 1 aliphatic heterocycles. The van der Waals surface area contributed by atoms with Gasteiger partial charge in [0.15, 0.2) is 34.6 Å². The van der Waals surface area contributed by atoms with Gasteiger partial charge >= 0.3 is 10.1 Å². The van der Waals surface area contributed by atoms with Crippen molar-refractivity contribution in [2.75, 3.05) is 32.6 Å². The normalized spacial score (nSPS) is 13.0. The van der Waals surface area contributed by atoms with Crippen LogP contribution in [-0.4, -0.2) is 57.6 Å². The second kappa shape index (κ2) is 12.5. The van der Waals surface area contributed by atoms with Crippen LogP contribution in [0.15, 0.2) is 18.2 Å². The van der Waals surface area contributed by atoms with Crippen molar-refractivity contribution in [1.29, 1.82) is 5.41 Å². The number of halogens is 2. The fraction of sp³-hybridized carbons (Fsp3) is 0.481. The molecule has 1 aliphatic rings. The Hall–Kier alpha value is -2.86. The Bertz CT molecular complexity index is 1360. The molecule has 2 aromatic carbocycles. The summed E-state index contributed by atoms with van der Waals surface area (Å²) in [5, 5.41) is 8.59. The Morgan fingerprint density at radius 1 is 1.00 bits per heavy atom. The van der Waals surface area contributed by atoms with Gasteiger partial charge in [-0.15, -0.1) is 17.0 Å².